The average molecular weight is 416 g/mol. The molecule has 8 nitrogen and oxygen atoms in total. The summed E-state index contributed by atoms with van der Waals surface area (Å²) < 4.78 is 0.939. The maximum atomic E-state index is 13.1. The Morgan fingerprint density at radius 2 is 1.68 bits per heavy atom. The highest BCUT2D eigenvalue weighted by atomic mass is 16.7. The van der Waals surface area contributed by atoms with Crippen molar-refractivity contribution < 1.29 is 14.7 Å². The first-order chi connectivity index (χ1) is 15.1. The molecule has 0 amide bonds. The summed E-state index contributed by atoms with van der Waals surface area (Å²) >= 11 is 0. The molecule has 0 atom stereocenters. The number of hydrogen-bond donors (Lipinski definition) is 2. The topological polar surface area (TPSA) is 106 Å². The van der Waals surface area contributed by atoms with Gasteiger partial charge in [-0.1, -0.05) is 60.7 Å². The van der Waals surface area contributed by atoms with Gasteiger partial charge in [-0.05, 0) is 18.1 Å². The van der Waals surface area contributed by atoms with Crippen LogP contribution < -0.4 is 15.7 Å². The van der Waals surface area contributed by atoms with E-state index in [-0.39, 0.29) is 17.9 Å². The van der Waals surface area contributed by atoms with Crippen molar-refractivity contribution in [2.45, 2.75) is 20.1 Å². The Bertz CT molecular complexity index is 1290. The van der Waals surface area contributed by atoms with Crippen molar-refractivity contribution in [3.8, 4) is 0 Å². The van der Waals surface area contributed by atoms with Gasteiger partial charge < -0.3 is 15.3 Å². The number of anilines is 1. The third kappa shape index (κ3) is 4.09. The van der Waals surface area contributed by atoms with Gasteiger partial charge in [-0.15, -0.1) is 4.73 Å². The number of carbonyl (C=O) groups is 1. The van der Waals surface area contributed by atoms with Crippen molar-refractivity contribution in [1.82, 2.24) is 14.7 Å². The summed E-state index contributed by atoms with van der Waals surface area (Å²) in [6.07, 6.45) is 1.32. The van der Waals surface area contributed by atoms with Crippen LogP contribution in [0.25, 0.3) is 11.0 Å². The van der Waals surface area contributed by atoms with Gasteiger partial charge in [0.05, 0.1) is 16.8 Å². The lowest BCUT2D eigenvalue weighted by Crippen LogP contribution is -2.33. The van der Waals surface area contributed by atoms with Crippen LogP contribution in [0, 0.1) is 6.92 Å². The van der Waals surface area contributed by atoms with Crippen LogP contribution in [0.5, 0.6) is 0 Å². The molecule has 8 heteroatoms. The molecule has 31 heavy (non-hydrogen) atoms. The first kappa shape index (κ1) is 20.1. The Morgan fingerprint density at radius 3 is 2.32 bits per heavy atom. The van der Waals surface area contributed by atoms with Crippen LogP contribution in [-0.4, -0.2) is 25.8 Å². The zero-order valence-corrected chi connectivity index (χ0v) is 16.8. The van der Waals surface area contributed by atoms with E-state index in [2.05, 4.69) is 15.3 Å². The minimum atomic E-state index is -1.36. The zero-order chi connectivity index (χ0) is 21.8. The lowest BCUT2D eigenvalue weighted by molar-refractivity contribution is 0.0678. The predicted octanol–water partition coefficient (Wildman–Crippen LogP) is 3.04. The van der Waals surface area contributed by atoms with Crippen molar-refractivity contribution in [1.29, 1.82) is 0 Å². The Hall–Kier alpha value is -4.20. The normalized spacial score (nSPS) is 10.7. The predicted molar refractivity (Wildman–Crippen MR) is 116 cm³/mol. The fraction of sp³-hybridized carbons (Fsp3) is 0.130. The molecule has 0 unspecified atom stereocenters. The molecule has 2 N–H and O–H groups in total. The third-order valence-corrected chi connectivity index (χ3v) is 4.84. The first-order valence-electron chi connectivity index (χ1n) is 9.65. The van der Waals surface area contributed by atoms with E-state index in [0.29, 0.717) is 17.6 Å². The van der Waals surface area contributed by atoms with Gasteiger partial charge in [0, 0.05) is 6.54 Å². The molecule has 2 aromatic heterocycles. The van der Waals surface area contributed by atoms with Gasteiger partial charge in [0.2, 0.25) is 0 Å². The molecule has 0 fully saturated rings. The Kier molecular flexibility index (Phi) is 5.61. The molecule has 0 aliphatic carbocycles. The van der Waals surface area contributed by atoms with Crippen LogP contribution in [0.1, 0.15) is 27.2 Å². The standard InChI is InChI=1S/C23H20N4O4/c1-15-18-20(24-12-16-8-4-2-5-9-16)19(23(29)30)22(28)27(21(18)26-14-25-15)31-13-17-10-6-3-7-11-17/h2-11,14,24H,12-13H2,1H3,(H,29,30). The van der Waals surface area contributed by atoms with Crippen LogP contribution >= 0.6 is 0 Å². The highest BCUT2D eigenvalue weighted by molar-refractivity contribution is 6.04. The molecule has 2 aromatic carbocycles. The number of benzene rings is 2. The summed E-state index contributed by atoms with van der Waals surface area (Å²) in [6.45, 7) is 2.14. The second-order valence-electron chi connectivity index (χ2n) is 6.91. The molecule has 0 aliphatic heterocycles. The molecule has 0 radical (unpaired) electrons. The number of aromatic carboxylic acids is 1. The third-order valence-electron chi connectivity index (χ3n) is 4.84. The molecule has 0 aliphatic rings. The molecule has 0 spiro atoms. The molecule has 4 rings (SSSR count). The van der Waals surface area contributed by atoms with Gasteiger partial charge >= 0.3 is 11.5 Å². The number of nitrogens with one attached hydrogen (secondary N) is 1. The largest absolute Gasteiger partial charge is 0.477 e. The highest BCUT2D eigenvalue weighted by Crippen LogP contribution is 2.26. The fourth-order valence-electron chi connectivity index (χ4n) is 3.33. The van der Waals surface area contributed by atoms with E-state index in [1.165, 1.54) is 6.33 Å². The molecule has 0 bridgehead atoms. The second kappa shape index (κ2) is 8.66. The van der Waals surface area contributed by atoms with Gasteiger partial charge in [-0.25, -0.2) is 14.8 Å². The molecule has 156 valence electrons. The maximum Gasteiger partial charge on any atom is 0.343 e. The summed E-state index contributed by atoms with van der Waals surface area (Å²) in [7, 11) is 0. The maximum absolute atomic E-state index is 13.1. The number of aryl methyl sites for hydroxylation is 1. The smallest absolute Gasteiger partial charge is 0.343 e. The first-order valence-corrected chi connectivity index (χ1v) is 9.65. The summed E-state index contributed by atoms with van der Waals surface area (Å²) in [5.74, 6) is -1.36. The van der Waals surface area contributed by atoms with Crippen LogP contribution in [0.3, 0.4) is 0 Å². The van der Waals surface area contributed by atoms with E-state index < -0.39 is 17.1 Å². The molecule has 0 saturated heterocycles. The second-order valence-corrected chi connectivity index (χ2v) is 6.91. The minimum absolute atomic E-state index is 0.0781. The number of carboxylic acid groups (broad SMARTS) is 1. The molecular weight excluding hydrogens is 396 g/mol. The van der Waals surface area contributed by atoms with Crippen molar-refractivity contribution in [2.24, 2.45) is 0 Å². The molecule has 2 heterocycles. The van der Waals surface area contributed by atoms with Crippen molar-refractivity contribution in [3.05, 3.63) is 99.7 Å². The van der Waals surface area contributed by atoms with E-state index in [9.17, 15) is 14.7 Å². The number of nitrogens with zero attached hydrogens (tertiary/aromatic N) is 3. The van der Waals surface area contributed by atoms with Gasteiger partial charge in [-0.3, -0.25) is 4.79 Å². The van der Waals surface area contributed by atoms with E-state index in [1.54, 1.807) is 6.92 Å². The van der Waals surface area contributed by atoms with Gasteiger partial charge in [0.25, 0.3) is 0 Å². The highest BCUT2D eigenvalue weighted by Gasteiger charge is 2.25. The van der Waals surface area contributed by atoms with E-state index in [1.807, 2.05) is 60.7 Å². The minimum Gasteiger partial charge on any atom is -0.477 e. The lowest BCUT2D eigenvalue weighted by atomic mass is 10.1. The number of hydrogen-bond acceptors (Lipinski definition) is 6. The molecule has 4 aromatic rings. The van der Waals surface area contributed by atoms with Gasteiger partial charge in [0.1, 0.15) is 12.9 Å². The van der Waals surface area contributed by atoms with Crippen molar-refractivity contribution in [3.63, 3.8) is 0 Å². The Balaban J connectivity index is 1.84. The van der Waals surface area contributed by atoms with Crippen molar-refractivity contribution in [2.75, 3.05) is 5.32 Å². The average Bonchev–Trinajstić information content (AvgIpc) is 2.78. The van der Waals surface area contributed by atoms with Crippen LogP contribution in [0.4, 0.5) is 5.69 Å². The van der Waals surface area contributed by atoms with Gasteiger partial charge in [0.15, 0.2) is 11.2 Å². The van der Waals surface area contributed by atoms with E-state index in [0.717, 1.165) is 15.9 Å². The number of rotatable bonds is 7. The molecule has 0 saturated carbocycles. The van der Waals surface area contributed by atoms with E-state index in [4.69, 9.17) is 4.84 Å². The van der Waals surface area contributed by atoms with Crippen LogP contribution in [-0.2, 0) is 13.2 Å². The summed E-state index contributed by atoms with van der Waals surface area (Å²) in [5, 5.41) is 13.4. The Labute approximate surface area is 177 Å². The number of fused-ring (bicyclic) bond motifs is 1. The summed E-state index contributed by atoms with van der Waals surface area (Å²) in [4.78, 5) is 39.4. The molecular formula is C23H20N4O4. The SMILES string of the molecule is Cc1ncnc2c1c(NCc1ccccc1)c(C(=O)O)c(=O)n2OCc1ccccc1. The fourth-order valence-corrected chi connectivity index (χ4v) is 3.33. The van der Waals surface area contributed by atoms with E-state index >= 15 is 0 Å². The van der Waals surface area contributed by atoms with Crippen LogP contribution in [0.15, 0.2) is 71.8 Å². The summed E-state index contributed by atoms with van der Waals surface area (Å²) in [6, 6.07) is 18.8. The quantitative estimate of drug-likeness (QED) is 0.477. The van der Waals surface area contributed by atoms with Crippen LogP contribution in [0.2, 0.25) is 0 Å². The lowest BCUT2D eigenvalue weighted by Gasteiger charge is -2.18. The monoisotopic (exact) mass is 416 g/mol. The number of pyridine rings is 1. The Morgan fingerprint density at radius 1 is 1.03 bits per heavy atom. The number of carboxylic acids is 1. The van der Waals surface area contributed by atoms with Crippen molar-refractivity contribution >= 4 is 22.7 Å². The zero-order valence-electron chi connectivity index (χ0n) is 16.8. The number of aromatic nitrogens is 3. The summed E-state index contributed by atoms with van der Waals surface area (Å²) in [5.41, 5.74) is 1.45. The van der Waals surface area contributed by atoms with Gasteiger partial charge in [-0.2, -0.15) is 0 Å².